The Balaban J connectivity index is 1.26. The zero-order valence-corrected chi connectivity index (χ0v) is 20.1. The predicted molar refractivity (Wildman–Crippen MR) is 142 cm³/mol. The van der Waals surface area contributed by atoms with Gasteiger partial charge in [0, 0.05) is 61.9 Å². The molecule has 4 N–H and O–H groups in total. The number of aromatic nitrogens is 6. The Hall–Kier alpha value is -4.02. The fourth-order valence-electron chi connectivity index (χ4n) is 5.15. The summed E-state index contributed by atoms with van der Waals surface area (Å²) in [6.45, 7) is 5.78. The minimum Gasteiger partial charge on any atom is -0.368 e. The van der Waals surface area contributed by atoms with Gasteiger partial charge >= 0.3 is 0 Å². The van der Waals surface area contributed by atoms with E-state index in [1.165, 1.54) is 11.1 Å². The first-order valence-electron chi connectivity index (χ1n) is 12.4. The average Bonchev–Trinajstić information content (AvgIpc) is 3.51. The number of nitrogens with one attached hydrogen (secondary N) is 2. The van der Waals surface area contributed by atoms with Crippen molar-refractivity contribution in [3.05, 3.63) is 48.8 Å². The largest absolute Gasteiger partial charge is 0.368 e. The van der Waals surface area contributed by atoms with Gasteiger partial charge in [-0.1, -0.05) is 6.07 Å². The molecule has 2 fully saturated rings. The molecule has 0 radical (unpaired) electrons. The number of benzene rings is 1. The number of hydrogen-bond acceptors (Lipinski definition) is 8. The number of pyridine rings is 1. The molecular formula is C26H28N10. The summed E-state index contributed by atoms with van der Waals surface area (Å²) < 4.78 is 0. The van der Waals surface area contributed by atoms with Crippen LogP contribution in [0.5, 0.6) is 0 Å². The molecule has 0 unspecified atom stereocenters. The van der Waals surface area contributed by atoms with Gasteiger partial charge in [0.05, 0.1) is 29.3 Å². The minimum absolute atomic E-state index is 0.200. The van der Waals surface area contributed by atoms with Crippen LogP contribution >= 0.6 is 0 Å². The standard InChI is InChI=1S/C26H28N10/c1-34-7-9-35(10-8-34)23-4-2-3-18-17(23)11-21(29-18)26-25-20(32-33-26)6-5-19(31-25)22-12-28-13-24(30-22)36-14-16(27)15-36/h2-6,11-13,16,29H,7-10,14-15,27H2,1H3,(H,32,33). The van der Waals surface area contributed by atoms with Gasteiger partial charge in [0.15, 0.2) is 0 Å². The van der Waals surface area contributed by atoms with E-state index in [9.17, 15) is 0 Å². The maximum atomic E-state index is 5.94. The van der Waals surface area contributed by atoms with Gasteiger partial charge in [0.1, 0.15) is 22.7 Å². The lowest BCUT2D eigenvalue weighted by Crippen LogP contribution is -2.56. The zero-order valence-electron chi connectivity index (χ0n) is 20.1. The Kier molecular flexibility index (Phi) is 4.90. The Labute approximate surface area is 208 Å². The van der Waals surface area contributed by atoms with Crippen LogP contribution in [0.2, 0.25) is 0 Å². The first kappa shape index (κ1) is 21.3. The summed E-state index contributed by atoms with van der Waals surface area (Å²) in [6, 6.07) is 12.8. The van der Waals surface area contributed by atoms with E-state index in [2.05, 4.69) is 66.2 Å². The topological polar surface area (TPSA) is 119 Å². The Morgan fingerprint density at radius 2 is 1.78 bits per heavy atom. The third-order valence-corrected chi connectivity index (χ3v) is 7.27. The predicted octanol–water partition coefficient (Wildman–Crippen LogP) is 2.46. The number of anilines is 2. The quantitative estimate of drug-likeness (QED) is 0.359. The Morgan fingerprint density at radius 1 is 0.917 bits per heavy atom. The molecule has 4 aromatic heterocycles. The highest BCUT2D eigenvalue weighted by atomic mass is 15.3. The van der Waals surface area contributed by atoms with Crippen LogP contribution in [0.4, 0.5) is 11.5 Å². The van der Waals surface area contributed by atoms with E-state index in [1.807, 2.05) is 12.1 Å². The average molecular weight is 481 g/mol. The van der Waals surface area contributed by atoms with Crippen LogP contribution in [0, 0.1) is 0 Å². The molecule has 0 spiro atoms. The molecule has 5 aromatic rings. The lowest BCUT2D eigenvalue weighted by atomic mass is 10.1. The van der Waals surface area contributed by atoms with Gasteiger partial charge in [-0.2, -0.15) is 5.10 Å². The van der Waals surface area contributed by atoms with E-state index < -0.39 is 0 Å². The van der Waals surface area contributed by atoms with Crippen molar-refractivity contribution >= 4 is 33.4 Å². The van der Waals surface area contributed by atoms with Gasteiger partial charge < -0.3 is 25.4 Å². The van der Waals surface area contributed by atoms with Crippen LogP contribution in [0.15, 0.2) is 48.8 Å². The molecule has 0 atom stereocenters. The van der Waals surface area contributed by atoms with Gasteiger partial charge in [0.25, 0.3) is 0 Å². The minimum atomic E-state index is 0.200. The number of hydrogen-bond donors (Lipinski definition) is 3. The number of nitrogens with two attached hydrogens (primary N) is 1. The molecule has 10 nitrogen and oxygen atoms in total. The molecule has 10 heteroatoms. The lowest BCUT2D eigenvalue weighted by Gasteiger charge is -2.37. The van der Waals surface area contributed by atoms with E-state index in [0.717, 1.165) is 84.4 Å². The number of likely N-dealkylation sites (N-methyl/N-ethyl adjacent to an activating group) is 1. The van der Waals surface area contributed by atoms with Crippen molar-refractivity contribution in [1.82, 2.24) is 35.0 Å². The summed E-state index contributed by atoms with van der Waals surface area (Å²) in [4.78, 5) is 24.7. The molecule has 0 saturated carbocycles. The molecule has 2 aliphatic rings. The third kappa shape index (κ3) is 3.57. The molecular weight excluding hydrogens is 452 g/mol. The SMILES string of the molecule is CN1CCN(c2cccc3[nH]c(-c4n[nH]c5ccc(-c6cncc(N7CC(N)C7)n6)nc45)cc23)CC1. The van der Waals surface area contributed by atoms with Gasteiger partial charge in [-0.3, -0.25) is 10.1 Å². The summed E-state index contributed by atoms with van der Waals surface area (Å²) in [7, 11) is 2.18. The third-order valence-electron chi connectivity index (χ3n) is 7.27. The number of piperazine rings is 1. The van der Waals surface area contributed by atoms with Crippen molar-refractivity contribution in [2.45, 2.75) is 6.04 Å². The van der Waals surface area contributed by atoms with Crippen molar-refractivity contribution in [3.8, 4) is 22.8 Å². The maximum Gasteiger partial charge on any atom is 0.147 e. The monoisotopic (exact) mass is 480 g/mol. The van der Waals surface area contributed by atoms with E-state index in [-0.39, 0.29) is 6.04 Å². The molecule has 182 valence electrons. The van der Waals surface area contributed by atoms with E-state index in [1.54, 1.807) is 12.4 Å². The van der Waals surface area contributed by atoms with Gasteiger partial charge in [-0.05, 0) is 37.4 Å². The van der Waals surface area contributed by atoms with E-state index in [0.29, 0.717) is 0 Å². The second-order valence-corrected chi connectivity index (χ2v) is 9.80. The van der Waals surface area contributed by atoms with Crippen molar-refractivity contribution in [2.75, 3.05) is 56.1 Å². The molecule has 2 aliphatic heterocycles. The second kappa shape index (κ2) is 8.28. The van der Waals surface area contributed by atoms with Crippen molar-refractivity contribution in [3.63, 3.8) is 0 Å². The molecule has 36 heavy (non-hydrogen) atoms. The summed E-state index contributed by atoms with van der Waals surface area (Å²) in [5.41, 5.74) is 13.2. The smallest absolute Gasteiger partial charge is 0.147 e. The van der Waals surface area contributed by atoms with Crippen molar-refractivity contribution < 1.29 is 0 Å². The van der Waals surface area contributed by atoms with Crippen LogP contribution in [-0.2, 0) is 0 Å². The van der Waals surface area contributed by atoms with Gasteiger partial charge in [0.2, 0.25) is 0 Å². The van der Waals surface area contributed by atoms with Crippen LogP contribution in [0.3, 0.4) is 0 Å². The summed E-state index contributed by atoms with van der Waals surface area (Å²) in [5.74, 6) is 0.829. The molecule has 7 rings (SSSR count). The molecule has 6 heterocycles. The Morgan fingerprint density at radius 3 is 2.61 bits per heavy atom. The maximum absolute atomic E-state index is 5.94. The molecule has 2 saturated heterocycles. The van der Waals surface area contributed by atoms with Crippen LogP contribution in [0.25, 0.3) is 44.7 Å². The number of H-pyrrole nitrogens is 2. The Bertz CT molecular complexity index is 1560. The van der Waals surface area contributed by atoms with E-state index in [4.69, 9.17) is 15.7 Å². The van der Waals surface area contributed by atoms with Gasteiger partial charge in [-0.25, -0.2) is 9.97 Å². The lowest BCUT2D eigenvalue weighted by molar-refractivity contribution is 0.313. The highest BCUT2D eigenvalue weighted by Gasteiger charge is 2.25. The summed E-state index contributed by atoms with van der Waals surface area (Å²) in [5, 5.41) is 8.97. The highest BCUT2D eigenvalue weighted by molar-refractivity contribution is 5.99. The molecule has 1 aromatic carbocycles. The second-order valence-electron chi connectivity index (χ2n) is 9.80. The number of nitrogens with zero attached hydrogens (tertiary/aromatic N) is 7. The van der Waals surface area contributed by atoms with Crippen LogP contribution < -0.4 is 15.5 Å². The number of rotatable bonds is 4. The fraction of sp³-hybridized carbons (Fsp3) is 0.308. The normalized spacial score (nSPS) is 17.3. The van der Waals surface area contributed by atoms with E-state index >= 15 is 0 Å². The fourth-order valence-corrected chi connectivity index (χ4v) is 5.15. The summed E-state index contributed by atoms with van der Waals surface area (Å²) in [6.07, 6.45) is 3.53. The number of fused-ring (bicyclic) bond motifs is 2. The summed E-state index contributed by atoms with van der Waals surface area (Å²) >= 11 is 0. The first-order chi connectivity index (χ1) is 17.6. The molecule has 0 bridgehead atoms. The zero-order chi connectivity index (χ0) is 24.2. The van der Waals surface area contributed by atoms with Crippen LogP contribution in [0.1, 0.15) is 0 Å². The van der Waals surface area contributed by atoms with Crippen LogP contribution in [-0.4, -0.2) is 87.4 Å². The first-order valence-corrected chi connectivity index (χ1v) is 12.4. The molecule has 0 amide bonds. The van der Waals surface area contributed by atoms with Gasteiger partial charge in [-0.15, -0.1) is 0 Å². The van der Waals surface area contributed by atoms with Crippen molar-refractivity contribution in [2.24, 2.45) is 5.73 Å². The van der Waals surface area contributed by atoms with Crippen molar-refractivity contribution in [1.29, 1.82) is 0 Å². The molecule has 0 aliphatic carbocycles. The number of aromatic amines is 2. The highest BCUT2D eigenvalue weighted by Crippen LogP contribution is 2.34.